The van der Waals surface area contributed by atoms with Gasteiger partial charge >= 0.3 is 7.82 Å². The van der Waals surface area contributed by atoms with Gasteiger partial charge in [-0.3, -0.25) is 9.05 Å². The monoisotopic (exact) mass is 270 g/mol. The number of nitrogens with zero attached hydrogens (tertiary/aromatic N) is 1. The van der Waals surface area contributed by atoms with Crippen LogP contribution in [0.3, 0.4) is 0 Å². The molecule has 0 radical (unpaired) electrons. The molecule has 0 aromatic rings. The fraction of sp³-hybridized carbons (Fsp3) is 0.889. The van der Waals surface area contributed by atoms with Crippen LogP contribution < -0.4 is 0 Å². The molecule has 0 spiro atoms. The van der Waals surface area contributed by atoms with Crippen LogP contribution in [0.5, 0.6) is 0 Å². The molecule has 0 amide bonds. The molecule has 1 atom stereocenters. The maximum Gasteiger partial charge on any atom is 0.472 e. The van der Waals surface area contributed by atoms with Crippen molar-refractivity contribution in [3.05, 3.63) is 0 Å². The molecule has 0 rings (SSSR count). The van der Waals surface area contributed by atoms with E-state index in [9.17, 15) is 14.3 Å². The molecule has 0 aromatic heterocycles. The molecule has 7 nitrogen and oxygen atoms in total. The lowest BCUT2D eigenvalue weighted by Crippen LogP contribution is -2.37. The molecule has 1 unspecified atom stereocenters. The van der Waals surface area contributed by atoms with Gasteiger partial charge in [0.1, 0.15) is 26.0 Å². The second-order valence-electron chi connectivity index (χ2n) is 4.39. The van der Waals surface area contributed by atoms with Crippen LogP contribution in [0.1, 0.15) is 0 Å². The third-order valence-electron chi connectivity index (χ3n) is 1.68. The second-order valence-corrected chi connectivity index (χ2v) is 5.84. The Bertz CT molecular complexity index is 265. The molecule has 0 saturated heterocycles. The number of quaternary nitrogens is 1. The highest BCUT2D eigenvalue weighted by atomic mass is 31.2. The number of hydrogen-bond donors (Lipinski definition) is 1. The van der Waals surface area contributed by atoms with Gasteiger partial charge in [-0.2, -0.15) is 0 Å². The van der Waals surface area contributed by atoms with Gasteiger partial charge in [0.15, 0.2) is 0 Å². The number of aldehydes is 1. The number of carbonyl (C=O) groups is 1. The molecule has 0 bridgehead atoms. The van der Waals surface area contributed by atoms with Gasteiger partial charge < -0.3 is 18.9 Å². The fourth-order valence-corrected chi connectivity index (χ4v) is 1.50. The Kier molecular flexibility index (Phi) is 7.78. The van der Waals surface area contributed by atoms with Gasteiger partial charge in [0.05, 0.1) is 34.4 Å². The van der Waals surface area contributed by atoms with Crippen LogP contribution in [0.4, 0.5) is 0 Å². The summed E-state index contributed by atoms with van der Waals surface area (Å²) >= 11 is 0. The normalized spacial score (nSPS) is 15.5. The molecule has 0 aliphatic heterocycles. The predicted octanol–water partition coefficient (Wildman–Crippen LogP) is 0.0417. The SMILES string of the molecule is C[N+](C)(C)CCOP(=O)(O)OCCOCC=O. The van der Waals surface area contributed by atoms with Gasteiger partial charge in [-0.05, 0) is 0 Å². The van der Waals surface area contributed by atoms with E-state index in [2.05, 4.69) is 4.52 Å². The first-order valence-corrected chi connectivity index (χ1v) is 6.70. The topological polar surface area (TPSA) is 82.1 Å². The minimum Gasteiger partial charge on any atom is -0.372 e. The summed E-state index contributed by atoms with van der Waals surface area (Å²) in [5.74, 6) is 0. The van der Waals surface area contributed by atoms with Crippen LogP contribution in [-0.4, -0.2) is 69.8 Å². The van der Waals surface area contributed by atoms with Crippen molar-refractivity contribution in [3.63, 3.8) is 0 Å². The van der Waals surface area contributed by atoms with Crippen molar-refractivity contribution in [1.29, 1.82) is 0 Å². The van der Waals surface area contributed by atoms with Crippen LogP contribution in [0.25, 0.3) is 0 Å². The summed E-state index contributed by atoms with van der Waals surface area (Å²) in [6, 6.07) is 0. The molecule has 0 aliphatic carbocycles. The van der Waals surface area contributed by atoms with E-state index in [0.29, 0.717) is 17.3 Å². The lowest BCUT2D eigenvalue weighted by molar-refractivity contribution is -0.870. The number of phosphoric ester groups is 1. The maximum atomic E-state index is 11.3. The summed E-state index contributed by atoms with van der Waals surface area (Å²) in [5.41, 5.74) is 0. The van der Waals surface area contributed by atoms with Gasteiger partial charge in [-0.15, -0.1) is 0 Å². The molecule has 1 N–H and O–H groups in total. The smallest absolute Gasteiger partial charge is 0.372 e. The van der Waals surface area contributed by atoms with Crippen molar-refractivity contribution in [2.45, 2.75) is 0 Å². The number of rotatable bonds is 10. The highest BCUT2D eigenvalue weighted by Gasteiger charge is 2.22. The van der Waals surface area contributed by atoms with E-state index in [0.717, 1.165) is 0 Å². The number of likely N-dealkylation sites (N-methyl/N-ethyl adjacent to an activating group) is 1. The average molecular weight is 270 g/mol. The Hall–Kier alpha value is -0.300. The van der Waals surface area contributed by atoms with Crippen molar-refractivity contribution < 1.29 is 32.5 Å². The summed E-state index contributed by atoms with van der Waals surface area (Å²) in [6.45, 7) is 0.650. The zero-order valence-corrected chi connectivity index (χ0v) is 11.4. The molecule has 8 heteroatoms. The van der Waals surface area contributed by atoms with E-state index in [4.69, 9.17) is 9.26 Å². The first kappa shape index (κ1) is 16.7. The van der Waals surface area contributed by atoms with E-state index >= 15 is 0 Å². The predicted molar refractivity (Wildman–Crippen MR) is 61.5 cm³/mol. The van der Waals surface area contributed by atoms with Crippen LogP contribution in [0.2, 0.25) is 0 Å². The van der Waals surface area contributed by atoms with Gasteiger partial charge in [0, 0.05) is 0 Å². The Morgan fingerprint density at radius 3 is 2.29 bits per heavy atom. The second kappa shape index (κ2) is 7.92. The fourth-order valence-electron chi connectivity index (χ4n) is 0.810. The Balaban J connectivity index is 3.66. The standard InChI is InChI=1S/C9H20NO6P/c1-10(2,3)4-6-15-17(12,13)16-9-8-14-7-5-11/h5H,4,6-9H2,1-3H3/p+1. The molecule has 102 valence electrons. The highest BCUT2D eigenvalue weighted by Crippen LogP contribution is 2.42. The third-order valence-corrected chi connectivity index (χ3v) is 2.70. The van der Waals surface area contributed by atoms with Crippen molar-refractivity contribution in [1.82, 2.24) is 0 Å². The van der Waals surface area contributed by atoms with Gasteiger partial charge in [-0.1, -0.05) is 0 Å². The van der Waals surface area contributed by atoms with Gasteiger partial charge in [0.2, 0.25) is 0 Å². The quantitative estimate of drug-likeness (QED) is 0.261. The summed E-state index contributed by atoms with van der Waals surface area (Å²) in [4.78, 5) is 19.2. The maximum absolute atomic E-state index is 11.3. The zero-order valence-electron chi connectivity index (χ0n) is 10.5. The molecular weight excluding hydrogens is 249 g/mol. The van der Waals surface area contributed by atoms with Crippen LogP contribution in [0, 0.1) is 0 Å². The minimum absolute atomic E-state index is 0.0541. The first-order valence-electron chi connectivity index (χ1n) is 5.20. The Morgan fingerprint density at radius 1 is 1.18 bits per heavy atom. The number of hydrogen-bond acceptors (Lipinski definition) is 5. The van der Waals surface area contributed by atoms with Crippen LogP contribution >= 0.6 is 7.82 Å². The van der Waals surface area contributed by atoms with Crippen molar-refractivity contribution in [3.8, 4) is 0 Å². The van der Waals surface area contributed by atoms with E-state index in [1.807, 2.05) is 21.1 Å². The van der Waals surface area contributed by atoms with Crippen molar-refractivity contribution in [2.75, 3.05) is 54.1 Å². The highest BCUT2D eigenvalue weighted by molar-refractivity contribution is 7.47. The first-order chi connectivity index (χ1) is 7.77. The lowest BCUT2D eigenvalue weighted by Gasteiger charge is -2.23. The van der Waals surface area contributed by atoms with Gasteiger partial charge in [-0.25, -0.2) is 4.57 Å². The summed E-state index contributed by atoms with van der Waals surface area (Å²) < 4.78 is 26.1. The number of carbonyl (C=O) groups excluding carboxylic acids is 1. The van der Waals surface area contributed by atoms with E-state index in [-0.39, 0.29) is 26.4 Å². The molecule has 0 heterocycles. The summed E-state index contributed by atoms with van der Waals surface area (Å²) in [5, 5.41) is 0. The molecular formula is C9H21NO6P+. The Morgan fingerprint density at radius 2 is 1.76 bits per heavy atom. The Labute approximate surface area is 101 Å². The third kappa shape index (κ3) is 12.0. The number of phosphoric acid groups is 1. The number of ether oxygens (including phenoxy) is 1. The van der Waals surface area contributed by atoms with Crippen LogP contribution in [0.15, 0.2) is 0 Å². The molecule has 0 fully saturated rings. The van der Waals surface area contributed by atoms with Crippen molar-refractivity contribution >= 4 is 14.1 Å². The summed E-state index contributed by atoms with van der Waals surface area (Å²) in [7, 11) is 1.83. The largest absolute Gasteiger partial charge is 0.472 e. The van der Waals surface area contributed by atoms with Gasteiger partial charge in [0.25, 0.3) is 0 Å². The minimum atomic E-state index is -4.01. The average Bonchev–Trinajstić information content (AvgIpc) is 2.14. The van der Waals surface area contributed by atoms with E-state index in [1.54, 1.807) is 0 Å². The lowest BCUT2D eigenvalue weighted by atomic mass is 10.5. The molecule has 0 aromatic carbocycles. The van der Waals surface area contributed by atoms with Crippen molar-refractivity contribution in [2.24, 2.45) is 0 Å². The summed E-state index contributed by atoms with van der Waals surface area (Å²) in [6.07, 6.45) is 0.594. The molecule has 0 aliphatic rings. The van der Waals surface area contributed by atoms with Crippen LogP contribution in [-0.2, 0) is 23.1 Å². The van der Waals surface area contributed by atoms with E-state index in [1.165, 1.54) is 0 Å². The van der Waals surface area contributed by atoms with E-state index < -0.39 is 7.82 Å². The zero-order chi connectivity index (χ0) is 13.4. The molecule has 17 heavy (non-hydrogen) atoms. The molecule has 0 saturated carbocycles.